The largest absolute Gasteiger partial charge is 0.325 e. The monoisotopic (exact) mass is 380 g/mol. The van der Waals surface area contributed by atoms with Crippen molar-refractivity contribution in [2.75, 3.05) is 11.2 Å². The lowest BCUT2D eigenvalue weighted by molar-refractivity contribution is -0.763. The van der Waals surface area contributed by atoms with E-state index < -0.39 is 6.17 Å². The lowest BCUT2D eigenvalue weighted by atomic mass is 10.0. The molecular formula is C19H18N5O2S+. The Kier molecular flexibility index (Phi) is 4.49. The molecule has 136 valence electrons. The van der Waals surface area contributed by atoms with Gasteiger partial charge in [-0.1, -0.05) is 30.8 Å². The smallest absolute Gasteiger partial charge is 0.291 e. The van der Waals surface area contributed by atoms with Crippen molar-refractivity contribution in [1.29, 1.82) is 0 Å². The van der Waals surface area contributed by atoms with Crippen LogP contribution >= 0.6 is 11.8 Å². The van der Waals surface area contributed by atoms with E-state index in [4.69, 9.17) is 0 Å². The fourth-order valence-electron chi connectivity index (χ4n) is 3.33. The van der Waals surface area contributed by atoms with Crippen LogP contribution in [-0.4, -0.2) is 27.2 Å². The summed E-state index contributed by atoms with van der Waals surface area (Å²) >= 11 is 1.34. The van der Waals surface area contributed by atoms with Crippen LogP contribution in [0.4, 0.5) is 5.69 Å². The number of nitrogens with one attached hydrogen (secondary N) is 1. The van der Waals surface area contributed by atoms with Crippen molar-refractivity contribution < 1.29 is 9.48 Å². The molecule has 0 bridgehead atoms. The first kappa shape index (κ1) is 17.4. The molecule has 1 amide bonds. The van der Waals surface area contributed by atoms with Crippen molar-refractivity contribution in [2.24, 2.45) is 0 Å². The van der Waals surface area contributed by atoms with Crippen LogP contribution in [0.1, 0.15) is 25.1 Å². The second-order valence-electron chi connectivity index (χ2n) is 6.05. The highest BCUT2D eigenvalue weighted by Crippen LogP contribution is 2.37. The molecule has 0 radical (unpaired) electrons. The zero-order valence-corrected chi connectivity index (χ0v) is 15.7. The highest BCUT2D eigenvalue weighted by Gasteiger charge is 2.45. The summed E-state index contributed by atoms with van der Waals surface area (Å²) in [6.45, 7) is 1.82. The molecule has 27 heavy (non-hydrogen) atoms. The Balaban J connectivity index is 2.09. The number of benzene rings is 1. The van der Waals surface area contributed by atoms with Crippen LogP contribution in [0.3, 0.4) is 0 Å². The van der Waals surface area contributed by atoms with Gasteiger partial charge < -0.3 is 0 Å². The van der Waals surface area contributed by atoms with Crippen LogP contribution in [0.5, 0.6) is 0 Å². The highest BCUT2D eigenvalue weighted by atomic mass is 32.2. The van der Waals surface area contributed by atoms with Gasteiger partial charge in [-0.3, -0.25) is 19.6 Å². The van der Waals surface area contributed by atoms with Crippen molar-refractivity contribution in [3.05, 3.63) is 64.7 Å². The number of rotatable bonds is 3. The van der Waals surface area contributed by atoms with Gasteiger partial charge in [0.25, 0.3) is 6.17 Å². The second-order valence-corrected chi connectivity index (χ2v) is 6.85. The fourth-order valence-corrected chi connectivity index (χ4v) is 3.70. The fraction of sp³-hybridized carbons (Fsp3) is 0.211. The summed E-state index contributed by atoms with van der Waals surface area (Å²) < 4.78 is 1.64. The van der Waals surface area contributed by atoms with Gasteiger partial charge in [0.05, 0.1) is 16.8 Å². The predicted octanol–water partition coefficient (Wildman–Crippen LogP) is 2.14. The molecule has 1 aliphatic heterocycles. The van der Waals surface area contributed by atoms with E-state index in [-0.39, 0.29) is 11.5 Å². The minimum atomic E-state index is -0.579. The molecule has 3 aromatic rings. The number of hydrogen-bond acceptors (Lipinski definition) is 5. The van der Waals surface area contributed by atoms with E-state index in [1.807, 2.05) is 49.6 Å². The van der Waals surface area contributed by atoms with E-state index in [1.54, 1.807) is 22.0 Å². The minimum absolute atomic E-state index is 0.0535. The summed E-state index contributed by atoms with van der Waals surface area (Å²) in [4.78, 5) is 34.5. The second kappa shape index (κ2) is 6.96. The molecule has 0 unspecified atom stereocenters. The number of thioether (sulfide) groups is 1. The number of fused-ring (bicyclic) bond motifs is 3. The summed E-state index contributed by atoms with van der Waals surface area (Å²) in [5.41, 5.74) is 2.35. The molecule has 0 aliphatic carbocycles. The Morgan fingerprint density at radius 2 is 2.11 bits per heavy atom. The maximum atomic E-state index is 12.9. The van der Waals surface area contributed by atoms with Gasteiger partial charge in [-0.05, 0) is 35.2 Å². The number of para-hydroxylation sites is 1. The van der Waals surface area contributed by atoms with Gasteiger partial charge in [-0.2, -0.15) is 0 Å². The number of pyridine rings is 1. The highest BCUT2D eigenvalue weighted by molar-refractivity contribution is 7.98. The molecule has 1 aromatic carbocycles. The van der Waals surface area contributed by atoms with Crippen molar-refractivity contribution in [3.63, 3.8) is 0 Å². The number of aromatic amines is 1. The molecule has 0 spiro atoms. The van der Waals surface area contributed by atoms with Crippen molar-refractivity contribution in [3.8, 4) is 11.3 Å². The first-order valence-corrected chi connectivity index (χ1v) is 9.79. The lowest BCUT2D eigenvalue weighted by Gasteiger charge is -2.31. The van der Waals surface area contributed by atoms with Gasteiger partial charge in [-0.15, -0.1) is 0 Å². The Morgan fingerprint density at radius 3 is 2.81 bits per heavy atom. The molecule has 7 nitrogen and oxygen atoms in total. The molecule has 0 saturated heterocycles. The van der Waals surface area contributed by atoms with E-state index in [9.17, 15) is 9.59 Å². The third-order valence-corrected chi connectivity index (χ3v) is 5.08. The Hall–Kier alpha value is -3.00. The standard InChI is InChI=1S/C19H17N5O2S/c1-3-15(25)23-14-9-5-4-8-13(14)16-17(26)21-19(27-2)22-24(16)18(23)12-7-6-10-20-11-12/h4-11,18H,3H2,1-2H3/p+1/t18-/m1/s1. The maximum absolute atomic E-state index is 12.9. The van der Waals surface area contributed by atoms with Crippen LogP contribution in [0.15, 0.2) is 58.7 Å². The van der Waals surface area contributed by atoms with E-state index in [0.717, 1.165) is 5.56 Å². The molecule has 1 N–H and O–H groups in total. The molecule has 2 aromatic heterocycles. The van der Waals surface area contributed by atoms with Crippen LogP contribution in [-0.2, 0) is 4.79 Å². The van der Waals surface area contributed by atoms with Crippen molar-refractivity contribution >= 4 is 23.4 Å². The number of anilines is 1. The Morgan fingerprint density at radius 1 is 1.30 bits per heavy atom. The molecule has 4 rings (SSSR count). The van der Waals surface area contributed by atoms with Crippen molar-refractivity contribution in [2.45, 2.75) is 24.7 Å². The lowest BCUT2D eigenvalue weighted by Crippen LogP contribution is -2.60. The van der Waals surface area contributed by atoms with E-state index in [2.05, 4.69) is 15.1 Å². The Labute approximate surface area is 160 Å². The molecule has 3 heterocycles. The number of aromatic nitrogens is 4. The quantitative estimate of drug-likeness (QED) is 0.556. The molecule has 1 atom stereocenters. The SMILES string of the molecule is CCC(=O)N1c2ccccc2-c2c(=O)[nH]c(SC)n[n+]2[C@@H]1c1cccnc1. The summed E-state index contributed by atoms with van der Waals surface area (Å²) in [6.07, 6.45) is 4.98. The molecular weight excluding hydrogens is 362 g/mol. The summed E-state index contributed by atoms with van der Waals surface area (Å²) in [5, 5.41) is 5.11. The number of nitrogens with zero attached hydrogens (tertiary/aromatic N) is 4. The number of H-pyrrole nitrogens is 1. The maximum Gasteiger partial charge on any atom is 0.325 e. The van der Waals surface area contributed by atoms with E-state index in [0.29, 0.717) is 28.5 Å². The predicted molar refractivity (Wildman–Crippen MR) is 102 cm³/mol. The third-order valence-electron chi connectivity index (χ3n) is 4.51. The normalized spacial score (nSPS) is 15.2. The summed E-state index contributed by atoms with van der Waals surface area (Å²) in [6, 6.07) is 11.1. The van der Waals surface area contributed by atoms with E-state index >= 15 is 0 Å². The number of amides is 1. The average molecular weight is 380 g/mol. The minimum Gasteiger partial charge on any atom is -0.291 e. The number of carbonyl (C=O) groups excluding carboxylic acids is 1. The van der Waals surface area contributed by atoms with Gasteiger partial charge in [0, 0.05) is 23.9 Å². The number of hydrogen-bond donors (Lipinski definition) is 1. The van der Waals surface area contributed by atoms with Gasteiger partial charge in [0.1, 0.15) is 0 Å². The van der Waals surface area contributed by atoms with Crippen LogP contribution in [0, 0.1) is 0 Å². The zero-order chi connectivity index (χ0) is 19.0. The Bertz CT molecular complexity index is 1070. The van der Waals surface area contributed by atoms with Crippen LogP contribution < -0.4 is 15.1 Å². The van der Waals surface area contributed by atoms with Crippen molar-refractivity contribution in [1.82, 2.24) is 15.1 Å². The zero-order valence-electron chi connectivity index (χ0n) is 14.9. The van der Waals surface area contributed by atoms with Crippen LogP contribution in [0.25, 0.3) is 11.3 Å². The average Bonchev–Trinajstić information content (AvgIpc) is 2.72. The van der Waals surface area contributed by atoms with Gasteiger partial charge in [-0.25, -0.2) is 4.90 Å². The first-order chi connectivity index (χ1) is 13.2. The van der Waals surface area contributed by atoms with Gasteiger partial charge in [0.2, 0.25) is 11.1 Å². The third kappa shape index (κ3) is 2.82. The first-order valence-electron chi connectivity index (χ1n) is 8.57. The molecule has 0 saturated carbocycles. The summed E-state index contributed by atoms with van der Waals surface area (Å²) in [7, 11) is 0. The van der Waals surface area contributed by atoms with Gasteiger partial charge in [0.15, 0.2) is 0 Å². The van der Waals surface area contributed by atoms with Gasteiger partial charge >= 0.3 is 11.3 Å². The molecule has 1 aliphatic rings. The summed E-state index contributed by atoms with van der Waals surface area (Å²) in [5.74, 6) is -0.0535. The van der Waals surface area contributed by atoms with E-state index in [1.165, 1.54) is 11.8 Å². The number of carbonyl (C=O) groups is 1. The molecule has 8 heteroatoms. The molecule has 0 fully saturated rings. The topological polar surface area (TPSA) is 82.8 Å². The van der Waals surface area contributed by atoms with Crippen LogP contribution in [0.2, 0.25) is 0 Å².